The molecular weight excluding hydrogens is 188 g/mol. The van der Waals surface area contributed by atoms with Crippen molar-refractivity contribution in [2.45, 2.75) is 31.2 Å². The minimum atomic E-state index is 0.123. The van der Waals surface area contributed by atoms with Crippen LogP contribution in [0.2, 0.25) is 0 Å². The highest BCUT2D eigenvalue weighted by Crippen LogP contribution is 2.40. The molecule has 0 unspecified atom stereocenters. The fourth-order valence-electron chi connectivity index (χ4n) is 2.23. The van der Waals surface area contributed by atoms with E-state index in [1.807, 2.05) is 6.07 Å². The maximum absolute atomic E-state index is 11.2. The predicted octanol–water partition coefficient (Wildman–Crippen LogP) is 1.39. The van der Waals surface area contributed by atoms with Crippen LogP contribution in [0.5, 0.6) is 0 Å². The van der Waals surface area contributed by atoms with Crippen LogP contribution in [0, 0.1) is 0 Å². The standard InChI is InChI=1S/C12H14N2O/c13-10-6-9(10)7-1-3-11-8(5-7)2-4-12(15)14-11/h1,3,5,9-10H,2,4,6,13H2,(H,14,15)/t9-,10+/m0/s1. The molecule has 0 bridgehead atoms. The van der Waals surface area contributed by atoms with E-state index >= 15 is 0 Å². The third kappa shape index (κ3) is 1.53. The molecule has 3 nitrogen and oxygen atoms in total. The Morgan fingerprint density at radius 3 is 2.87 bits per heavy atom. The first-order valence-corrected chi connectivity index (χ1v) is 5.42. The lowest BCUT2D eigenvalue weighted by atomic mass is 9.98. The van der Waals surface area contributed by atoms with Gasteiger partial charge in [-0.2, -0.15) is 0 Å². The van der Waals surface area contributed by atoms with Gasteiger partial charge in [-0.3, -0.25) is 4.79 Å². The molecule has 1 amide bonds. The van der Waals surface area contributed by atoms with Gasteiger partial charge < -0.3 is 11.1 Å². The molecule has 3 N–H and O–H groups in total. The van der Waals surface area contributed by atoms with Crippen LogP contribution in [0.25, 0.3) is 0 Å². The van der Waals surface area contributed by atoms with Gasteiger partial charge in [0.25, 0.3) is 0 Å². The number of fused-ring (bicyclic) bond motifs is 1. The maximum Gasteiger partial charge on any atom is 0.224 e. The summed E-state index contributed by atoms with van der Waals surface area (Å²) < 4.78 is 0. The Balaban J connectivity index is 1.93. The van der Waals surface area contributed by atoms with Gasteiger partial charge in [0, 0.05) is 24.1 Å². The number of hydrogen-bond acceptors (Lipinski definition) is 2. The van der Waals surface area contributed by atoms with Crippen molar-refractivity contribution < 1.29 is 4.79 Å². The zero-order chi connectivity index (χ0) is 10.4. The third-order valence-corrected chi connectivity index (χ3v) is 3.29. The molecule has 1 aromatic carbocycles. The number of amides is 1. The zero-order valence-electron chi connectivity index (χ0n) is 8.49. The van der Waals surface area contributed by atoms with Gasteiger partial charge in [0.15, 0.2) is 0 Å². The molecule has 1 aromatic rings. The molecular formula is C12H14N2O. The smallest absolute Gasteiger partial charge is 0.224 e. The van der Waals surface area contributed by atoms with Crippen LogP contribution < -0.4 is 11.1 Å². The van der Waals surface area contributed by atoms with Gasteiger partial charge in [-0.1, -0.05) is 12.1 Å². The monoisotopic (exact) mass is 202 g/mol. The molecule has 0 aromatic heterocycles. The van der Waals surface area contributed by atoms with Crippen molar-refractivity contribution >= 4 is 11.6 Å². The lowest BCUT2D eigenvalue weighted by Crippen LogP contribution is -2.19. The molecule has 0 saturated heterocycles. The molecule has 1 aliphatic heterocycles. The number of nitrogens with one attached hydrogen (secondary N) is 1. The second-order valence-electron chi connectivity index (χ2n) is 4.47. The van der Waals surface area contributed by atoms with Crippen LogP contribution >= 0.6 is 0 Å². The molecule has 0 radical (unpaired) electrons. The van der Waals surface area contributed by atoms with Crippen molar-refractivity contribution in [1.82, 2.24) is 0 Å². The van der Waals surface area contributed by atoms with E-state index in [1.165, 1.54) is 11.1 Å². The van der Waals surface area contributed by atoms with E-state index in [4.69, 9.17) is 5.73 Å². The van der Waals surface area contributed by atoms with Crippen molar-refractivity contribution in [2.24, 2.45) is 5.73 Å². The SMILES string of the molecule is N[C@@H]1C[C@H]1c1ccc2c(c1)CCC(=O)N2. The van der Waals surface area contributed by atoms with Gasteiger partial charge in [-0.15, -0.1) is 0 Å². The van der Waals surface area contributed by atoms with Crippen LogP contribution in [0.4, 0.5) is 5.69 Å². The van der Waals surface area contributed by atoms with Crippen molar-refractivity contribution in [3.05, 3.63) is 29.3 Å². The van der Waals surface area contributed by atoms with Crippen molar-refractivity contribution in [3.8, 4) is 0 Å². The van der Waals surface area contributed by atoms with Crippen LogP contribution in [0.1, 0.15) is 29.9 Å². The Hall–Kier alpha value is -1.35. The van der Waals surface area contributed by atoms with E-state index in [0.29, 0.717) is 18.4 Å². The number of nitrogens with two attached hydrogens (primary N) is 1. The number of rotatable bonds is 1. The Kier molecular flexibility index (Phi) is 1.83. The quantitative estimate of drug-likeness (QED) is 0.723. The Labute approximate surface area is 88.7 Å². The predicted molar refractivity (Wildman–Crippen MR) is 58.7 cm³/mol. The van der Waals surface area contributed by atoms with E-state index in [1.54, 1.807) is 0 Å². The summed E-state index contributed by atoms with van der Waals surface area (Å²) >= 11 is 0. The summed E-state index contributed by atoms with van der Waals surface area (Å²) in [5, 5.41) is 2.89. The number of aryl methyl sites for hydroxylation is 1. The van der Waals surface area contributed by atoms with Gasteiger partial charge in [-0.05, 0) is 30.0 Å². The fourth-order valence-corrected chi connectivity index (χ4v) is 2.23. The lowest BCUT2D eigenvalue weighted by Gasteiger charge is -2.17. The normalized spacial score (nSPS) is 28.2. The summed E-state index contributed by atoms with van der Waals surface area (Å²) in [5.74, 6) is 0.673. The summed E-state index contributed by atoms with van der Waals surface area (Å²) in [4.78, 5) is 11.2. The highest BCUT2D eigenvalue weighted by atomic mass is 16.1. The van der Waals surface area contributed by atoms with Gasteiger partial charge in [-0.25, -0.2) is 0 Å². The first-order chi connectivity index (χ1) is 7.24. The Morgan fingerprint density at radius 2 is 2.13 bits per heavy atom. The van der Waals surface area contributed by atoms with Crippen molar-refractivity contribution in [2.75, 3.05) is 5.32 Å². The first kappa shape index (κ1) is 8.92. The molecule has 78 valence electrons. The molecule has 1 saturated carbocycles. The zero-order valence-corrected chi connectivity index (χ0v) is 8.49. The van der Waals surface area contributed by atoms with E-state index in [-0.39, 0.29) is 5.91 Å². The number of anilines is 1. The second-order valence-corrected chi connectivity index (χ2v) is 4.47. The van der Waals surface area contributed by atoms with Crippen LogP contribution in [0.15, 0.2) is 18.2 Å². The minimum Gasteiger partial charge on any atom is -0.327 e. The molecule has 1 fully saturated rings. The summed E-state index contributed by atoms with van der Waals surface area (Å²) in [6, 6.07) is 6.64. The molecule has 3 heteroatoms. The fraction of sp³-hybridized carbons (Fsp3) is 0.417. The van der Waals surface area contributed by atoms with E-state index in [2.05, 4.69) is 17.4 Å². The van der Waals surface area contributed by atoms with Crippen molar-refractivity contribution in [1.29, 1.82) is 0 Å². The van der Waals surface area contributed by atoms with E-state index < -0.39 is 0 Å². The van der Waals surface area contributed by atoms with Gasteiger partial charge in [0.05, 0.1) is 0 Å². The maximum atomic E-state index is 11.2. The number of hydrogen-bond donors (Lipinski definition) is 2. The Morgan fingerprint density at radius 1 is 1.33 bits per heavy atom. The molecule has 1 heterocycles. The van der Waals surface area contributed by atoms with Gasteiger partial charge in [0.2, 0.25) is 5.91 Å². The molecule has 1 aliphatic carbocycles. The summed E-state index contributed by atoms with van der Waals surface area (Å²) in [6.07, 6.45) is 2.56. The molecule has 2 atom stereocenters. The van der Waals surface area contributed by atoms with Crippen LogP contribution in [-0.4, -0.2) is 11.9 Å². The number of carbonyl (C=O) groups is 1. The van der Waals surface area contributed by atoms with Gasteiger partial charge >= 0.3 is 0 Å². The first-order valence-electron chi connectivity index (χ1n) is 5.42. The third-order valence-electron chi connectivity index (χ3n) is 3.29. The number of benzene rings is 1. The molecule has 2 aliphatic rings. The van der Waals surface area contributed by atoms with Crippen LogP contribution in [0.3, 0.4) is 0 Å². The minimum absolute atomic E-state index is 0.123. The topological polar surface area (TPSA) is 55.1 Å². The summed E-state index contributed by atoms with van der Waals surface area (Å²) in [5.41, 5.74) is 9.39. The molecule has 0 spiro atoms. The molecule has 3 rings (SSSR count). The average Bonchev–Trinajstić information content (AvgIpc) is 2.95. The van der Waals surface area contributed by atoms with Crippen LogP contribution in [-0.2, 0) is 11.2 Å². The largest absolute Gasteiger partial charge is 0.327 e. The Bertz CT molecular complexity index is 428. The van der Waals surface area contributed by atoms with E-state index in [0.717, 1.165) is 18.5 Å². The van der Waals surface area contributed by atoms with Crippen molar-refractivity contribution in [3.63, 3.8) is 0 Å². The molecule has 15 heavy (non-hydrogen) atoms. The highest BCUT2D eigenvalue weighted by Gasteiger charge is 2.35. The second kappa shape index (κ2) is 3.07. The van der Waals surface area contributed by atoms with E-state index in [9.17, 15) is 4.79 Å². The number of carbonyl (C=O) groups excluding carboxylic acids is 1. The average molecular weight is 202 g/mol. The van der Waals surface area contributed by atoms with Gasteiger partial charge in [0.1, 0.15) is 0 Å². The summed E-state index contributed by atoms with van der Waals surface area (Å²) in [6.45, 7) is 0. The summed E-state index contributed by atoms with van der Waals surface area (Å²) in [7, 11) is 0. The highest BCUT2D eigenvalue weighted by molar-refractivity contribution is 5.93. The lowest BCUT2D eigenvalue weighted by molar-refractivity contribution is -0.116.